The predicted octanol–water partition coefficient (Wildman–Crippen LogP) is 16.8. The summed E-state index contributed by atoms with van der Waals surface area (Å²) in [6.07, 6.45) is 67.9. The highest BCUT2D eigenvalue weighted by molar-refractivity contribution is 5.71. The van der Waals surface area contributed by atoms with Gasteiger partial charge < -0.3 is 14.2 Å². The summed E-state index contributed by atoms with van der Waals surface area (Å²) in [4.78, 5) is 37.9. The Balaban J connectivity index is 4.53. The van der Waals surface area contributed by atoms with E-state index in [-0.39, 0.29) is 37.5 Å². The molecule has 0 saturated heterocycles. The van der Waals surface area contributed by atoms with E-state index in [1.54, 1.807) is 0 Å². The number of hydrogen-bond donors (Lipinski definition) is 0. The highest BCUT2D eigenvalue weighted by Gasteiger charge is 2.19. The predicted molar refractivity (Wildman–Crippen MR) is 270 cm³/mol. The summed E-state index contributed by atoms with van der Waals surface area (Å²) in [5, 5.41) is 0. The van der Waals surface area contributed by atoms with Crippen LogP contribution in [0.25, 0.3) is 0 Å². The van der Waals surface area contributed by atoms with E-state index in [0.717, 1.165) is 89.9 Å². The van der Waals surface area contributed by atoms with Crippen molar-refractivity contribution in [1.82, 2.24) is 0 Å². The minimum atomic E-state index is -0.816. The van der Waals surface area contributed by atoms with Crippen molar-refractivity contribution < 1.29 is 28.6 Å². The molecule has 0 saturated carbocycles. The van der Waals surface area contributed by atoms with Crippen LogP contribution < -0.4 is 0 Å². The van der Waals surface area contributed by atoms with Crippen LogP contribution in [0.2, 0.25) is 0 Å². The number of hydrogen-bond acceptors (Lipinski definition) is 6. The van der Waals surface area contributed by atoms with Crippen molar-refractivity contribution in [3.05, 3.63) is 109 Å². The molecule has 0 aromatic heterocycles. The minimum Gasteiger partial charge on any atom is -0.462 e. The number of carbonyl (C=O) groups excluding carboxylic acids is 3. The van der Waals surface area contributed by atoms with Gasteiger partial charge in [0.2, 0.25) is 0 Å². The molecule has 0 radical (unpaired) electrons. The fourth-order valence-electron chi connectivity index (χ4n) is 6.60. The largest absolute Gasteiger partial charge is 0.462 e. The third-order valence-corrected chi connectivity index (χ3v) is 10.4. The van der Waals surface area contributed by atoms with E-state index >= 15 is 0 Å². The van der Waals surface area contributed by atoms with E-state index in [1.165, 1.54) is 77.0 Å². The van der Waals surface area contributed by atoms with Crippen LogP contribution in [0.5, 0.6) is 0 Å². The zero-order valence-corrected chi connectivity index (χ0v) is 40.5. The summed E-state index contributed by atoms with van der Waals surface area (Å²) < 4.78 is 16.7. The lowest BCUT2D eigenvalue weighted by atomic mass is 10.0. The highest BCUT2D eigenvalue weighted by Crippen LogP contribution is 2.15. The second-order valence-electron chi connectivity index (χ2n) is 16.4. The van der Waals surface area contributed by atoms with Crippen LogP contribution in [-0.2, 0) is 28.6 Å². The first-order chi connectivity index (χ1) is 31.0. The summed E-state index contributed by atoms with van der Waals surface area (Å²) in [5.74, 6) is -1.01. The Labute approximate surface area is 387 Å². The monoisotopic (exact) mass is 873 g/mol. The van der Waals surface area contributed by atoms with Crippen molar-refractivity contribution >= 4 is 17.9 Å². The van der Waals surface area contributed by atoms with Gasteiger partial charge in [-0.05, 0) is 77.0 Å². The van der Waals surface area contributed by atoms with Crippen LogP contribution >= 0.6 is 0 Å². The van der Waals surface area contributed by atoms with Crippen molar-refractivity contribution in [1.29, 1.82) is 0 Å². The molecule has 0 heterocycles. The second kappa shape index (κ2) is 50.7. The molecular formula is C57H92O6. The molecule has 0 bridgehead atoms. The lowest BCUT2D eigenvalue weighted by Crippen LogP contribution is -2.30. The number of carbonyl (C=O) groups is 3. The topological polar surface area (TPSA) is 78.9 Å². The molecule has 0 amide bonds. The lowest BCUT2D eigenvalue weighted by molar-refractivity contribution is -0.167. The third kappa shape index (κ3) is 49.0. The third-order valence-electron chi connectivity index (χ3n) is 10.4. The molecule has 1 unspecified atom stereocenters. The quantitative estimate of drug-likeness (QED) is 0.0199. The van der Waals surface area contributed by atoms with E-state index in [0.29, 0.717) is 19.3 Å². The van der Waals surface area contributed by atoms with Gasteiger partial charge >= 0.3 is 17.9 Å². The van der Waals surface area contributed by atoms with Crippen LogP contribution in [0.4, 0.5) is 0 Å². The first-order valence-corrected chi connectivity index (χ1v) is 25.4. The first-order valence-electron chi connectivity index (χ1n) is 25.4. The molecule has 0 spiro atoms. The standard InChI is InChI=1S/C57H92O6/c1-4-7-10-13-16-19-22-25-27-28-30-32-35-38-41-44-47-50-56(59)62-53-54(52-61-55(58)49-46-43-40-37-34-31-24-21-18-15-12-9-6-3)63-57(60)51-48-45-42-39-36-33-29-26-23-20-17-14-11-8-5-2/h7,9-10,12,15-16,18-19,21,24-25,27,30-32,34,38,41,54H,4-6,8,11,13-14,17,20,22-23,26,28-29,33,35-37,39-40,42-53H2,1-3H3/b10-7+,12-9+,18-15+,19-16+,24-21+,27-25+,32-30+,34-31+,41-38+. The molecule has 1 atom stereocenters. The molecule has 0 aromatic rings. The first kappa shape index (κ1) is 59.1. The summed E-state index contributed by atoms with van der Waals surface area (Å²) in [6.45, 7) is 6.29. The zero-order chi connectivity index (χ0) is 45.8. The summed E-state index contributed by atoms with van der Waals surface area (Å²) in [5.41, 5.74) is 0. The van der Waals surface area contributed by atoms with Crippen LogP contribution in [-0.4, -0.2) is 37.2 Å². The number of ether oxygens (including phenoxy) is 3. The van der Waals surface area contributed by atoms with Gasteiger partial charge in [-0.3, -0.25) is 14.4 Å². The number of allylic oxidation sites excluding steroid dienone is 18. The molecule has 6 nitrogen and oxygen atoms in total. The average molecular weight is 873 g/mol. The summed E-state index contributed by atoms with van der Waals surface area (Å²) in [7, 11) is 0. The Hall–Kier alpha value is -3.93. The Morgan fingerprint density at radius 1 is 0.349 bits per heavy atom. The molecule has 0 aromatic carbocycles. The van der Waals surface area contributed by atoms with Gasteiger partial charge in [0.05, 0.1) is 0 Å². The van der Waals surface area contributed by atoms with E-state index in [2.05, 4.69) is 93.7 Å². The SMILES string of the molecule is CC/C=C/C=C/C=C/C=C/CCCCCC(=O)OCC(COC(=O)CCC/C=C/C/C=C/C/C=C/C/C=C/C/C=C/CC)OC(=O)CCCCCCCCCCCCCCCCC. The fourth-order valence-corrected chi connectivity index (χ4v) is 6.60. The zero-order valence-electron chi connectivity index (χ0n) is 40.5. The van der Waals surface area contributed by atoms with Gasteiger partial charge in [0.1, 0.15) is 13.2 Å². The van der Waals surface area contributed by atoms with Gasteiger partial charge in [0.25, 0.3) is 0 Å². The van der Waals surface area contributed by atoms with E-state index in [1.807, 2.05) is 36.5 Å². The molecule has 356 valence electrons. The van der Waals surface area contributed by atoms with Gasteiger partial charge in [-0.1, -0.05) is 226 Å². The summed E-state index contributed by atoms with van der Waals surface area (Å²) in [6, 6.07) is 0. The maximum Gasteiger partial charge on any atom is 0.306 e. The van der Waals surface area contributed by atoms with Gasteiger partial charge in [-0.15, -0.1) is 0 Å². The van der Waals surface area contributed by atoms with E-state index in [9.17, 15) is 14.4 Å². The van der Waals surface area contributed by atoms with Crippen molar-refractivity contribution in [3.63, 3.8) is 0 Å². The van der Waals surface area contributed by atoms with Gasteiger partial charge in [0, 0.05) is 19.3 Å². The maximum atomic E-state index is 12.8. The molecule has 0 aliphatic rings. The minimum absolute atomic E-state index is 0.117. The number of esters is 3. The van der Waals surface area contributed by atoms with Crippen molar-refractivity contribution in [2.24, 2.45) is 0 Å². The Morgan fingerprint density at radius 2 is 0.714 bits per heavy atom. The van der Waals surface area contributed by atoms with Crippen LogP contribution in [0.1, 0.15) is 213 Å². The average Bonchev–Trinajstić information content (AvgIpc) is 3.28. The molecule has 0 N–H and O–H groups in total. The van der Waals surface area contributed by atoms with Gasteiger partial charge in [-0.25, -0.2) is 0 Å². The Bertz CT molecular complexity index is 1330. The maximum absolute atomic E-state index is 12.8. The van der Waals surface area contributed by atoms with Gasteiger partial charge in [0.15, 0.2) is 6.10 Å². The van der Waals surface area contributed by atoms with Gasteiger partial charge in [-0.2, -0.15) is 0 Å². The van der Waals surface area contributed by atoms with Crippen LogP contribution in [0.15, 0.2) is 109 Å². The van der Waals surface area contributed by atoms with Crippen molar-refractivity contribution in [3.8, 4) is 0 Å². The molecule has 0 fully saturated rings. The normalized spacial score (nSPS) is 13.0. The number of unbranched alkanes of at least 4 members (excludes halogenated alkanes) is 18. The van der Waals surface area contributed by atoms with Crippen LogP contribution in [0.3, 0.4) is 0 Å². The van der Waals surface area contributed by atoms with Crippen molar-refractivity contribution in [2.75, 3.05) is 13.2 Å². The lowest BCUT2D eigenvalue weighted by Gasteiger charge is -2.18. The molecule has 6 heteroatoms. The molecular weight excluding hydrogens is 781 g/mol. The molecule has 0 rings (SSSR count). The van der Waals surface area contributed by atoms with Crippen LogP contribution in [0, 0.1) is 0 Å². The fraction of sp³-hybridized carbons (Fsp3) is 0.632. The Kier molecular flexibility index (Phi) is 47.5. The Morgan fingerprint density at radius 3 is 1.21 bits per heavy atom. The number of rotatable bonds is 44. The molecule has 63 heavy (non-hydrogen) atoms. The van der Waals surface area contributed by atoms with E-state index < -0.39 is 6.10 Å². The van der Waals surface area contributed by atoms with Crippen molar-refractivity contribution in [2.45, 2.75) is 219 Å². The smallest absolute Gasteiger partial charge is 0.306 e. The molecule has 0 aliphatic carbocycles. The highest BCUT2D eigenvalue weighted by atomic mass is 16.6. The molecule has 0 aliphatic heterocycles. The summed E-state index contributed by atoms with van der Waals surface area (Å²) >= 11 is 0. The van der Waals surface area contributed by atoms with E-state index in [4.69, 9.17) is 14.2 Å². The second-order valence-corrected chi connectivity index (χ2v) is 16.4.